The SMILES string of the molecule is O=C(COCC(F)(F)F)C1CCCOC1. The molecule has 0 aromatic heterocycles. The van der Waals surface area contributed by atoms with Gasteiger partial charge in [0.05, 0.1) is 6.61 Å². The third kappa shape index (κ3) is 5.13. The van der Waals surface area contributed by atoms with Crippen molar-refractivity contribution in [1.82, 2.24) is 0 Å². The van der Waals surface area contributed by atoms with Crippen molar-refractivity contribution in [3.05, 3.63) is 0 Å². The number of carbonyl (C=O) groups is 1. The van der Waals surface area contributed by atoms with Gasteiger partial charge >= 0.3 is 6.18 Å². The molecule has 0 N–H and O–H groups in total. The van der Waals surface area contributed by atoms with Crippen LogP contribution in [-0.4, -0.2) is 38.4 Å². The molecule has 15 heavy (non-hydrogen) atoms. The number of ketones is 1. The van der Waals surface area contributed by atoms with Crippen LogP contribution in [0.15, 0.2) is 0 Å². The van der Waals surface area contributed by atoms with Crippen molar-refractivity contribution in [3.63, 3.8) is 0 Å². The molecular weight excluding hydrogens is 213 g/mol. The molecular formula is C9H13F3O3. The summed E-state index contributed by atoms with van der Waals surface area (Å²) in [7, 11) is 0. The van der Waals surface area contributed by atoms with E-state index in [-0.39, 0.29) is 11.7 Å². The molecule has 1 fully saturated rings. The van der Waals surface area contributed by atoms with E-state index in [0.717, 1.165) is 6.42 Å². The van der Waals surface area contributed by atoms with Crippen LogP contribution in [0.2, 0.25) is 0 Å². The summed E-state index contributed by atoms with van der Waals surface area (Å²) in [6.07, 6.45) is -2.92. The van der Waals surface area contributed by atoms with Crippen LogP contribution in [-0.2, 0) is 14.3 Å². The van der Waals surface area contributed by atoms with Gasteiger partial charge in [-0.25, -0.2) is 0 Å². The van der Waals surface area contributed by atoms with Crippen molar-refractivity contribution in [1.29, 1.82) is 0 Å². The summed E-state index contributed by atoms with van der Waals surface area (Å²) in [6, 6.07) is 0. The number of Topliss-reactive ketones (excluding diaryl/α,β-unsaturated/α-hetero) is 1. The van der Waals surface area contributed by atoms with Gasteiger partial charge in [-0.15, -0.1) is 0 Å². The second kappa shape index (κ2) is 5.46. The molecule has 0 spiro atoms. The van der Waals surface area contributed by atoms with Crippen LogP contribution < -0.4 is 0 Å². The van der Waals surface area contributed by atoms with Crippen molar-refractivity contribution in [2.24, 2.45) is 5.92 Å². The van der Waals surface area contributed by atoms with Crippen LogP contribution in [0.5, 0.6) is 0 Å². The van der Waals surface area contributed by atoms with E-state index in [2.05, 4.69) is 4.74 Å². The van der Waals surface area contributed by atoms with Gasteiger partial charge in [-0.3, -0.25) is 4.79 Å². The Morgan fingerprint density at radius 1 is 1.47 bits per heavy atom. The maximum atomic E-state index is 11.7. The smallest absolute Gasteiger partial charge is 0.381 e. The number of hydrogen-bond donors (Lipinski definition) is 0. The number of hydrogen-bond acceptors (Lipinski definition) is 3. The second-order valence-electron chi connectivity index (χ2n) is 3.49. The number of carbonyl (C=O) groups excluding carboxylic acids is 1. The largest absolute Gasteiger partial charge is 0.411 e. The summed E-state index contributed by atoms with van der Waals surface area (Å²) in [5.74, 6) is -0.606. The fourth-order valence-electron chi connectivity index (χ4n) is 1.38. The van der Waals surface area contributed by atoms with E-state index >= 15 is 0 Å². The van der Waals surface area contributed by atoms with Gasteiger partial charge in [-0.1, -0.05) is 0 Å². The van der Waals surface area contributed by atoms with E-state index in [9.17, 15) is 18.0 Å². The first-order valence-corrected chi connectivity index (χ1v) is 4.74. The molecule has 1 atom stereocenters. The van der Waals surface area contributed by atoms with Crippen molar-refractivity contribution in [3.8, 4) is 0 Å². The summed E-state index contributed by atoms with van der Waals surface area (Å²) >= 11 is 0. The summed E-state index contributed by atoms with van der Waals surface area (Å²) in [5, 5.41) is 0. The van der Waals surface area contributed by atoms with Gasteiger partial charge in [0.2, 0.25) is 0 Å². The van der Waals surface area contributed by atoms with Gasteiger partial charge in [0, 0.05) is 12.5 Å². The summed E-state index contributed by atoms with van der Waals surface area (Å²) < 4.78 is 44.4. The maximum Gasteiger partial charge on any atom is 0.411 e. The molecule has 1 heterocycles. The van der Waals surface area contributed by atoms with Gasteiger partial charge in [0.1, 0.15) is 13.2 Å². The van der Waals surface area contributed by atoms with E-state index in [0.29, 0.717) is 19.6 Å². The second-order valence-corrected chi connectivity index (χ2v) is 3.49. The van der Waals surface area contributed by atoms with Crippen LogP contribution in [0.4, 0.5) is 13.2 Å². The number of alkyl halides is 3. The zero-order valence-electron chi connectivity index (χ0n) is 8.18. The van der Waals surface area contributed by atoms with Crippen LogP contribution in [0.25, 0.3) is 0 Å². The molecule has 1 rings (SSSR count). The third-order valence-corrected chi connectivity index (χ3v) is 2.13. The van der Waals surface area contributed by atoms with Crippen LogP contribution in [0.3, 0.4) is 0 Å². The van der Waals surface area contributed by atoms with Crippen molar-refractivity contribution >= 4 is 5.78 Å². The molecule has 1 saturated heterocycles. The Morgan fingerprint density at radius 2 is 2.20 bits per heavy atom. The van der Waals surface area contributed by atoms with Crippen LogP contribution in [0.1, 0.15) is 12.8 Å². The standard InChI is InChI=1S/C9H13F3O3/c10-9(11,12)6-15-5-8(13)7-2-1-3-14-4-7/h7H,1-6H2. The lowest BCUT2D eigenvalue weighted by Gasteiger charge is -2.20. The molecule has 6 heteroatoms. The van der Waals surface area contributed by atoms with Gasteiger partial charge in [0.15, 0.2) is 5.78 Å². The normalized spacial score (nSPS) is 22.7. The zero-order valence-corrected chi connectivity index (χ0v) is 8.18. The van der Waals surface area contributed by atoms with Gasteiger partial charge in [0.25, 0.3) is 0 Å². The molecule has 1 aliphatic heterocycles. The Labute approximate surface area is 85.5 Å². The molecule has 88 valence electrons. The lowest BCUT2D eigenvalue weighted by Crippen LogP contribution is -2.29. The Morgan fingerprint density at radius 3 is 2.73 bits per heavy atom. The Bertz CT molecular complexity index is 209. The highest BCUT2D eigenvalue weighted by Gasteiger charge is 2.29. The average Bonchev–Trinajstić information content (AvgIpc) is 2.17. The zero-order chi connectivity index (χ0) is 11.3. The molecule has 0 radical (unpaired) electrons. The predicted molar refractivity (Wildman–Crippen MR) is 45.4 cm³/mol. The van der Waals surface area contributed by atoms with Gasteiger partial charge < -0.3 is 9.47 Å². The van der Waals surface area contributed by atoms with E-state index in [1.807, 2.05) is 0 Å². The minimum atomic E-state index is -4.37. The fourth-order valence-corrected chi connectivity index (χ4v) is 1.38. The Hall–Kier alpha value is -0.620. The fraction of sp³-hybridized carbons (Fsp3) is 0.889. The monoisotopic (exact) mass is 226 g/mol. The molecule has 1 aliphatic rings. The predicted octanol–water partition coefficient (Wildman–Crippen LogP) is 1.56. The van der Waals surface area contributed by atoms with Gasteiger partial charge in [-0.2, -0.15) is 13.2 Å². The molecule has 0 bridgehead atoms. The Kier molecular flexibility index (Phi) is 4.53. The topological polar surface area (TPSA) is 35.5 Å². The highest BCUT2D eigenvalue weighted by molar-refractivity contribution is 5.82. The summed E-state index contributed by atoms with van der Waals surface area (Å²) in [5.41, 5.74) is 0. The number of halogens is 3. The van der Waals surface area contributed by atoms with Crippen LogP contribution >= 0.6 is 0 Å². The van der Waals surface area contributed by atoms with Gasteiger partial charge in [-0.05, 0) is 12.8 Å². The number of ether oxygens (including phenoxy) is 2. The minimum absolute atomic E-state index is 0.299. The van der Waals surface area contributed by atoms with Crippen molar-refractivity contribution in [2.45, 2.75) is 19.0 Å². The average molecular weight is 226 g/mol. The maximum absolute atomic E-state index is 11.7. The van der Waals surface area contributed by atoms with E-state index < -0.39 is 19.4 Å². The van der Waals surface area contributed by atoms with E-state index in [1.54, 1.807) is 0 Å². The van der Waals surface area contributed by atoms with E-state index in [1.165, 1.54) is 0 Å². The molecule has 0 aliphatic carbocycles. The molecule has 0 saturated carbocycles. The van der Waals surface area contributed by atoms with Crippen molar-refractivity contribution < 1.29 is 27.4 Å². The molecule has 3 nitrogen and oxygen atoms in total. The molecule has 0 amide bonds. The molecule has 1 unspecified atom stereocenters. The third-order valence-electron chi connectivity index (χ3n) is 2.13. The first-order chi connectivity index (χ1) is 6.99. The van der Waals surface area contributed by atoms with Crippen LogP contribution in [0, 0.1) is 5.92 Å². The lowest BCUT2D eigenvalue weighted by atomic mass is 9.98. The summed E-state index contributed by atoms with van der Waals surface area (Å²) in [6.45, 7) is -0.929. The lowest BCUT2D eigenvalue weighted by molar-refractivity contribution is -0.176. The van der Waals surface area contributed by atoms with Crippen molar-refractivity contribution in [2.75, 3.05) is 26.4 Å². The van der Waals surface area contributed by atoms with E-state index in [4.69, 9.17) is 4.74 Å². The number of rotatable bonds is 4. The summed E-state index contributed by atoms with van der Waals surface area (Å²) in [4.78, 5) is 11.3. The minimum Gasteiger partial charge on any atom is -0.381 e. The Balaban J connectivity index is 2.17. The highest BCUT2D eigenvalue weighted by Crippen LogP contribution is 2.17. The quantitative estimate of drug-likeness (QED) is 0.729. The molecule has 0 aromatic carbocycles. The first kappa shape index (κ1) is 12.4. The first-order valence-electron chi connectivity index (χ1n) is 4.74. The highest BCUT2D eigenvalue weighted by atomic mass is 19.4. The molecule has 0 aromatic rings.